The Kier molecular flexibility index (Phi) is 8.74. The smallest absolute Gasteiger partial charge is 0.338 e. The molecular weight excluding hydrogens is 606 g/mol. The molecule has 0 amide bonds. The van der Waals surface area contributed by atoms with Crippen molar-refractivity contribution in [2.75, 3.05) is 6.61 Å². The van der Waals surface area contributed by atoms with Gasteiger partial charge in [0.15, 0.2) is 4.80 Å². The van der Waals surface area contributed by atoms with Crippen LogP contribution in [0, 0.1) is 11.3 Å². The number of halogens is 1. The second kappa shape index (κ2) is 13.2. The minimum absolute atomic E-state index is 0.168. The molecule has 0 saturated carbocycles. The number of nitrogens with zero attached hydrogens (tertiary/aromatic N) is 3. The number of carbonyl (C=O) groups excluding carboxylic acids is 1. The van der Waals surface area contributed by atoms with Gasteiger partial charge in [0.25, 0.3) is 5.56 Å². The molecular formula is C36H26ClN3O4S. The summed E-state index contributed by atoms with van der Waals surface area (Å²) >= 11 is 7.47. The van der Waals surface area contributed by atoms with Gasteiger partial charge in [-0.2, -0.15) is 5.26 Å². The van der Waals surface area contributed by atoms with Crippen LogP contribution in [0.15, 0.2) is 118 Å². The molecule has 2 heterocycles. The third-order valence-corrected chi connectivity index (χ3v) is 8.48. The molecule has 1 aromatic heterocycles. The van der Waals surface area contributed by atoms with E-state index in [1.807, 2.05) is 78.9 Å². The van der Waals surface area contributed by atoms with Crippen LogP contribution in [0.5, 0.6) is 5.75 Å². The number of esters is 1. The average molecular weight is 632 g/mol. The lowest BCUT2D eigenvalue weighted by Gasteiger charge is -2.25. The first-order valence-corrected chi connectivity index (χ1v) is 15.4. The molecule has 0 radical (unpaired) electrons. The van der Waals surface area contributed by atoms with Crippen LogP contribution in [0.4, 0.5) is 0 Å². The van der Waals surface area contributed by atoms with Gasteiger partial charge in [-0.15, -0.1) is 0 Å². The molecule has 0 saturated heterocycles. The third kappa shape index (κ3) is 6.22. The Morgan fingerprint density at radius 3 is 2.42 bits per heavy atom. The van der Waals surface area contributed by atoms with Crippen LogP contribution < -0.4 is 19.6 Å². The van der Waals surface area contributed by atoms with Gasteiger partial charge in [-0.25, -0.2) is 9.79 Å². The van der Waals surface area contributed by atoms with Crippen LogP contribution in [0.3, 0.4) is 0 Å². The van der Waals surface area contributed by atoms with Crippen LogP contribution in [-0.4, -0.2) is 17.1 Å². The summed E-state index contributed by atoms with van der Waals surface area (Å²) in [6.07, 6.45) is 1.78. The Morgan fingerprint density at radius 2 is 1.71 bits per heavy atom. The molecule has 4 aromatic carbocycles. The van der Waals surface area contributed by atoms with Crippen molar-refractivity contribution in [3.8, 4) is 11.8 Å². The molecule has 1 aliphatic heterocycles. The second-order valence-corrected chi connectivity index (χ2v) is 11.6. The minimum atomic E-state index is -0.794. The van der Waals surface area contributed by atoms with E-state index in [0.29, 0.717) is 42.5 Å². The molecule has 0 bridgehead atoms. The maximum atomic E-state index is 14.2. The molecule has 7 nitrogen and oxygen atoms in total. The van der Waals surface area contributed by atoms with Crippen LogP contribution in [-0.2, 0) is 16.1 Å². The lowest BCUT2D eigenvalue weighted by atomic mass is 9.93. The predicted molar refractivity (Wildman–Crippen MR) is 174 cm³/mol. The number of nitriles is 1. The molecule has 0 unspecified atom stereocenters. The summed E-state index contributed by atoms with van der Waals surface area (Å²) in [6, 6.07) is 32.5. The van der Waals surface area contributed by atoms with Gasteiger partial charge in [0.2, 0.25) is 0 Å². The van der Waals surface area contributed by atoms with E-state index in [-0.39, 0.29) is 24.3 Å². The molecule has 0 fully saturated rings. The van der Waals surface area contributed by atoms with Crippen molar-refractivity contribution in [1.82, 2.24) is 4.57 Å². The fraction of sp³-hybridized carbons (Fsp3) is 0.111. The highest BCUT2D eigenvalue weighted by Crippen LogP contribution is 2.35. The van der Waals surface area contributed by atoms with Gasteiger partial charge >= 0.3 is 5.97 Å². The zero-order valence-electron chi connectivity index (χ0n) is 24.1. The molecule has 1 atom stereocenters. The van der Waals surface area contributed by atoms with Gasteiger partial charge in [0.1, 0.15) is 12.4 Å². The Balaban J connectivity index is 1.50. The van der Waals surface area contributed by atoms with Gasteiger partial charge < -0.3 is 9.47 Å². The number of carbonyl (C=O) groups is 1. The summed E-state index contributed by atoms with van der Waals surface area (Å²) in [7, 11) is 0. The highest BCUT2D eigenvalue weighted by Gasteiger charge is 2.35. The summed E-state index contributed by atoms with van der Waals surface area (Å²) in [5.41, 5.74) is 4.06. The average Bonchev–Trinajstić information content (AvgIpc) is 3.38. The number of hydrogen-bond donors (Lipinski definition) is 0. The van der Waals surface area contributed by atoms with E-state index in [9.17, 15) is 9.59 Å². The standard InChI is InChI=1S/C36H26ClN3O4S/c1-2-43-35(42)31-32(25-8-4-3-5-9-25)39-36-40(33(31)26-16-18-28(37)19-17-26)34(41)30(45-36)20-27-10-6-7-11-29(27)44-22-24-14-12-23(21-38)13-15-24/h3-20,33H,2,22H2,1H3/b30-20-/t33-/m1/s1. The Labute approximate surface area is 268 Å². The number of fused-ring (bicyclic) bond motifs is 1. The normalized spacial score (nSPS) is 14.3. The van der Waals surface area contributed by atoms with E-state index >= 15 is 0 Å². The number of para-hydroxylation sites is 1. The third-order valence-electron chi connectivity index (χ3n) is 7.24. The van der Waals surface area contributed by atoms with E-state index < -0.39 is 12.0 Å². The zero-order valence-corrected chi connectivity index (χ0v) is 25.7. The molecule has 0 N–H and O–H groups in total. The highest BCUT2D eigenvalue weighted by molar-refractivity contribution is 7.07. The van der Waals surface area contributed by atoms with Gasteiger partial charge in [0, 0.05) is 16.1 Å². The van der Waals surface area contributed by atoms with Crippen LogP contribution in [0.1, 0.15) is 40.8 Å². The number of hydrogen-bond acceptors (Lipinski definition) is 7. The Morgan fingerprint density at radius 1 is 1.00 bits per heavy atom. The predicted octanol–water partition coefficient (Wildman–Crippen LogP) is 6.04. The summed E-state index contributed by atoms with van der Waals surface area (Å²) in [4.78, 5) is 33.1. The summed E-state index contributed by atoms with van der Waals surface area (Å²) in [5, 5.41) is 9.61. The van der Waals surface area contributed by atoms with Gasteiger partial charge in [0.05, 0.1) is 40.1 Å². The fourth-order valence-corrected chi connectivity index (χ4v) is 6.23. The lowest BCUT2D eigenvalue weighted by molar-refractivity contribution is -0.138. The molecule has 222 valence electrons. The Bertz CT molecular complexity index is 2130. The van der Waals surface area contributed by atoms with Crippen molar-refractivity contribution in [2.24, 2.45) is 4.99 Å². The van der Waals surface area contributed by atoms with Crippen molar-refractivity contribution < 1.29 is 14.3 Å². The second-order valence-electron chi connectivity index (χ2n) is 10.1. The van der Waals surface area contributed by atoms with E-state index in [1.54, 1.807) is 41.8 Å². The maximum Gasteiger partial charge on any atom is 0.338 e. The summed E-state index contributed by atoms with van der Waals surface area (Å²) in [5.74, 6) is 0.0509. The van der Waals surface area contributed by atoms with Crippen LogP contribution in [0.2, 0.25) is 5.02 Å². The summed E-state index contributed by atoms with van der Waals surface area (Å²) < 4.78 is 13.6. The largest absolute Gasteiger partial charge is 0.488 e. The van der Waals surface area contributed by atoms with Crippen molar-refractivity contribution in [1.29, 1.82) is 5.26 Å². The number of rotatable bonds is 8. The molecule has 9 heteroatoms. The van der Waals surface area contributed by atoms with Gasteiger partial charge in [-0.3, -0.25) is 9.36 Å². The number of benzene rings is 4. The van der Waals surface area contributed by atoms with Gasteiger partial charge in [-0.05, 0) is 54.5 Å². The monoisotopic (exact) mass is 631 g/mol. The fourth-order valence-electron chi connectivity index (χ4n) is 5.11. The molecule has 1 aliphatic rings. The first kappa shape index (κ1) is 29.8. The van der Waals surface area contributed by atoms with Crippen molar-refractivity contribution >= 4 is 40.7 Å². The SMILES string of the molecule is CCOC(=O)C1=C(c2ccccc2)N=c2s/c(=C\c3ccccc3OCc3ccc(C#N)cc3)c(=O)n2[C@@H]1c1ccc(Cl)cc1. The molecule has 5 aromatic rings. The topological polar surface area (TPSA) is 93.7 Å². The van der Waals surface area contributed by atoms with Crippen LogP contribution in [0.25, 0.3) is 11.8 Å². The highest BCUT2D eigenvalue weighted by atomic mass is 35.5. The minimum Gasteiger partial charge on any atom is -0.488 e. The lowest BCUT2D eigenvalue weighted by Crippen LogP contribution is -2.40. The van der Waals surface area contributed by atoms with E-state index in [1.165, 1.54) is 11.3 Å². The maximum absolute atomic E-state index is 14.2. The van der Waals surface area contributed by atoms with E-state index in [2.05, 4.69) is 6.07 Å². The van der Waals surface area contributed by atoms with Crippen molar-refractivity contribution in [3.63, 3.8) is 0 Å². The van der Waals surface area contributed by atoms with E-state index in [0.717, 1.165) is 11.1 Å². The molecule has 6 rings (SSSR count). The van der Waals surface area contributed by atoms with Crippen LogP contribution >= 0.6 is 22.9 Å². The molecule has 0 aliphatic carbocycles. The number of ether oxygens (including phenoxy) is 2. The zero-order chi connectivity index (χ0) is 31.3. The van der Waals surface area contributed by atoms with Crippen molar-refractivity contribution in [2.45, 2.75) is 19.6 Å². The number of thiazole rings is 1. The molecule has 0 spiro atoms. The first-order chi connectivity index (χ1) is 22.0. The van der Waals surface area contributed by atoms with E-state index in [4.69, 9.17) is 31.3 Å². The first-order valence-electron chi connectivity index (χ1n) is 14.2. The quantitative estimate of drug-likeness (QED) is 0.195. The molecule has 45 heavy (non-hydrogen) atoms. The Hall–Kier alpha value is -5.23. The van der Waals surface area contributed by atoms with Crippen molar-refractivity contribution in [3.05, 3.63) is 161 Å². The van der Waals surface area contributed by atoms with Gasteiger partial charge in [-0.1, -0.05) is 95.7 Å². The summed E-state index contributed by atoms with van der Waals surface area (Å²) in [6.45, 7) is 2.20. The number of aromatic nitrogens is 1.